The van der Waals surface area contributed by atoms with Gasteiger partial charge in [-0.3, -0.25) is 9.52 Å². The lowest BCUT2D eigenvalue weighted by molar-refractivity contribution is 0.0967. The number of hydrogen-bond donors (Lipinski definition) is 1. The van der Waals surface area contributed by atoms with Crippen LogP contribution in [0.1, 0.15) is 23.2 Å². The second kappa shape index (κ2) is 5.74. The maximum Gasteiger partial charge on any atom is 0.263 e. The van der Waals surface area contributed by atoms with Gasteiger partial charge in [0.05, 0.1) is 5.02 Å². The maximum absolute atomic E-state index is 12.3. The van der Waals surface area contributed by atoms with Gasteiger partial charge in [0.1, 0.15) is 4.90 Å². The Labute approximate surface area is 134 Å². The summed E-state index contributed by atoms with van der Waals surface area (Å²) in [7, 11) is -3.75. The molecule has 114 valence electrons. The van der Waals surface area contributed by atoms with E-state index in [1.165, 1.54) is 12.1 Å². The van der Waals surface area contributed by atoms with E-state index in [0.29, 0.717) is 11.3 Å². The van der Waals surface area contributed by atoms with E-state index in [9.17, 15) is 13.2 Å². The number of anilines is 1. The molecule has 4 nitrogen and oxygen atoms in total. The summed E-state index contributed by atoms with van der Waals surface area (Å²) in [5.74, 6) is 0.270. The van der Waals surface area contributed by atoms with E-state index >= 15 is 0 Å². The molecule has 0 radical (unpaired) electrons. The lowest BCUT2D eigenvalue weighted by Crippen LogP contribution is -2.13. The smallest absolute Gasteiger partial charge is 0.263 e. The minimum Gasteiger partial charge on any atom is -0.294 e. The number of halogens is 1. The van der Waals surface area contributed by atoms with Gasteiger partial charge in [-0.25, -0.2) is 8.42 Å². The molecular formula is C16H14ClNO3S. The Morgan fingerprint density at radius 3 is 2.27 bits per heavy atom. The zero-order valence-corrected chi connectivity index (χ0v) is 13.2. The highest BCUT2D eigenvalue weighted by molar-refractivity contribution is 7.92. The number of hydrogen-bond acceptors (Lipinski definition) is 3. The van der Waals surface area contributed by atoms with Crippen molar-refractivity contribution in [2.24, 2.45) is 5.92 Å². The minimum atomic E-state index is -3.75. The van der Waals surface area contributed by atoms with Gasteiger partial charge < -0.3 is 0 Å². The molecule has 22 heavy (non-hydrogen) atoms. The van der Waals surface area contributed by atoms with Crippen LogP contribution in [0.2, 0.25) is 5.02 Å². The van der Waals surface area contributed by atoms with Gasteiger partial charge in [-0.1, -0.05) is 23.7 Å². The number of nitrogens with one attached hydrogen (secondary N) is 1. The lowest BCUT2D eigenvalue weighted by atomic mass is 10.1. The molecule has 1 aliphatic rings. The Morgan fingerprint density at radius 2 is 1.68 bits per heavy atom. The highest BCUT2D eigenvalue weighted by Crippen LogP contribution is 2.33. The Balaban J connectivity index is 1.80. The molecule has 2 aromatic carbocycles. The quantitative estimate of drug-likeness (QED) is 0.847. The fourth-order valence-electron chi connectivity index (χ4n) is 2.16. The van der Waals surface area contributed by atoms with Crippen molar-refractivity contribution in [1.29, 1.82) is 0 Å². The Morgan fingerprint density at radius 1 is 1.05 bits per heavy atom. The summed E-state index contributed by atoms with van der Waals surface area (Å²) in [6.45, 7) is 0. The average molecular weight is 336 g/mol. The first kappa shape index (κ1) is 15.1. The van der Waals surface area contributed by atoms with E-state index in [1.54, 1.807) is 36.4 Å². The summed E-state index contributed by atoms with van der Waals surface area (Å²) in [5, 5.41) is 0.163. The summed E-state index contributed by atoms with van der Waals surface area (Å²) in [5.41, 5.74) is 1.01. The van der Waals surface area contributed by atoms with Crippen LogP contribution in [-0.4, -0.2) is 14.2 Å². The highest BCUT2D eigenvalue weighted by atomic mass is 35.5. The molecule has 2 aromatic rings. The number of carbonyl (C=O) groups is 1. The van der Waals surface area contributed by atoms with E-state index < -0.39 is 10.0 Å². The Bertz CT molecular complexity index is 812. The van der Waals surface area contributed by atoms with Crippen LogP contribution in [0.15, 0.2) is 53.4 Å². The summed E-state index contributed by atoms with van der Waals surface area (Å²) < 4.78 is 27.1. The zero-order valence-electron chi connectivity index (χ0n) is 11.6. The normalized spacial score (nSPS) is 14.6. The first-order valence-corrected chi connectivity index (χ1v) is 8.75. The van der Waals surface area contributed by atoms with Gasteiger partial charge in [0.15, 0.2) is 5.78 Å². The third-order valence-corrected chi connectivity index (χ3v) is 5.38. The van der Waals surface area contributed by atoms with Gasteiger partial charge in [0, 0.05) is 17.2 Å². The number of carbonyl (C=O) groups excluding carboxylic acids is 1. The molecule has 0 amide bonds. The predicted molar refractivity (Wildman–Crippen MR) is 85.8 cm³/mol. The molecule has 0 bridgehead atoms. The van der Waals surface area contributed by atoms with E-state index in [0.717, 1.165) is 12.8 Å². The first-order valence-electron chi connectivity index (χ1n) is 6.89. The molecule has 0 aromatic heterocycles. The molecule has 0 unspecified atom stereocenters. The number of rotatable bonds is 5. The van der Waals surface area contributed by atoms with Crippen LogP contribution in [0.3, 0.4) is 0 Å². The van der Waals surface area contributed by atoms with Crippen molar-refractivity contribution in [2.45, 2.75) is 17.7 Å². The zero-order chi connectivity index (χ0) is 15.7. The molecule has 0 saturated heterocycles. The number of ketones is 1. The second-order valence-electron chi connectivity index (χ2n) is 5.25. The van der Waals surface area contributed by atoms with Gasteiger partial charge in [-0.2, -0.15) is 0 Å². The third kappa shape index (κ3) is 3.15. The van der Waals surface area contributed by atoms with Crippen molar-refractivity contribution in [3.05, 3.63) is 59.1 Å². The SMILES string of the molecule is O=C(c1ccc(NS(=O)(=O)c2ccccc2Cl)cc1)C1CC1. The largest absolute Gasteiger partial charge is 0.294 e. The first-order chi connectivity index (χ1) is 10.5. The van der Waals surface area contributed by atoms with Crippen LogP contribution < -0.4 is 4.72 Å². The molecule has 0 aliphatic heterocycles. The van der Waals surface area contributed by atoms with E-state index in [-0.39, 0.29) is 21.6 Å². The molecule has 1 N–H and O–H groups in total. The molecular weight excluding hydrogens is 322 g/mol. The van der Waals surface area contributed by atoms with Crippen molar-refractivity contribution >= 4 is 33.1 Å². The molecule has 6 heteroatoms. The summed E-state index contributed by atoms with van der Waals surface area (Å²) >= 11 is 5.92. The number of benzene rings is 2. The summed E-state index contributed by atoms with van der Waals surface area (Å²) in [6, 6.07) is 12.7. The van der Waals surface area contributed by atoms with Crippen LogP contribution in [0.25, 0.3) is 0 Å². The van der Waals surface area contributed by atoms with Crippen molar-refractivity contribution < 1.29 is 13.2 Å². The maximum atomic E-state index is 12.3. The van der Waals surface area contributed by atoms with Gasteiger partial charge in [-0.05, 0) is 49.2 Å². The fourth-order valence-corrected chi connectivity index (χ4v) is 3.74. The van der Waals surface area contributed by atoms with E-state index in [1.807, 2.05) is 0 Å². The molecule has 1 fully saturated rings. The molecule has 0 heterocycles. The van der Waals surface area contributed by atoms with Crippen LogP contribution in [0.5, 0.6) is 0 Å². The van der Waals surface area contributed by atoms with Gasteiger partial charge in [0.25, 0.3) is 10.0 Å². The van der Waals surface area contributed by atoms with Crippen molar-refractivity contribution in [3.63, 3.8) is 0 Å². The van der Waals surface area contributed by atoms with Crippen molar-refractivity contribution in [1.82, 2.24) is 0 Å². The van der Waals surface area contributed by atoms with Crippen molar-refractivity contribution in [3.8, 4) is 0 Å². The topological polar surface area (TPSA) is 63.2 Å². The average Bonchev–Trinajstić information content (AvgIpc) is 3.32. The van der Waals surface area contributed by atoms with Crippen LogP contribution in [0, 0.1) is 5.92 Å². The summed E-state index contributed by atoms with van der Waals surface area (Å²) in [4.78, 5) is 11.9. The number of sulfonamides is 1. The monoisotopic (exact) mass is 335 g/mol. The van der Waals surface area contributed by atoms with Gasteiger partial charge in [0.2, 0.25) is 0 Å². The van der Waals surface area contributed by atoms with E-state index in [4.69, 9.17) is 11.6 Å². The Hall–Kier alpha value is -1.85. The molecule has 3 rings (SSSR count). The van der Waals surface area contributed by atoms with Gasteiger partial charge in [-0.15, -0.1) is 0 Å². The lowest BCUT2D eigenvalue weighted by Gasteiger charge is -2.09. The second-order valence-corrected chi connectivity index (χ2v) is 7.31. The third-order valence-electron chi connectivity index (χ3n) is 3.50. The van der Waals surface area contributed by atoms with Gasteiger partial charge >= 0.3 is 0 Å². The molecule has 0 atom stereocenters. The Kier molecular flexibility index (Phi) is 3.93. The molecule has 0 spiro atoms. The van der Waals surface area contributed by atoms with Crippen LogP contribution >= 0.6 is 11.6 Å². The van der Waals surface area contributed by atoms with E-state index in [2.05, 4.69) is 4.72 Å². The van der Waals surface area contributed by atoms with Crippen LogP contribution in [0.4, 0.5) is 5.69 Å². The van der Waals surface area contributed by atoms with Crippen LogP contribution in [-0.2, 0) is 10.0 Å². The predicted octanol–water partition coefficient (Wildman–Crippen LogP) is 3.73. The molecule has 1 aliphatic carbocycles. The summed E-state index contributed by atoms with van der Waals surface area (Å²) in [6.07, 6.45) is 1.89. The number of Topliss-reactive ketones (excluding diaryl/α,β-unsaturated/α-hetero) is 1. The molecule has 1 saturated carbocycles. The standard InChI is InChI=1S/C16H14ClNO3S/c17-14-3-1-2-4-15(14)22(20,21)18-13-9-7-12(8-10-13)16(19)11-5-6-11/h1-4,7-11,18H,5-6H2. The minimum absolute atomic E-state index is 0.0230. The van der Waals surface area contributed by atoms with Crippen molar-refractivity contribution in [2.75, 3.05) is 4.72 Å². The highest BCUT2D eigenvalue weighted by Gasteiger charge is 2.30. The fraction of sp³-hybridized carbons (Fsp3) is 0.188.